The van der Waals surface area contributed by atoms with Gasteiger partial charge >= 0.3 is 0 Å². The number of benzene rings is 7. The first kappa shape index (κ1) is 50.2. The smallest absolute Gasteiger partial charge is 0.239 e. The van der Waals surface area contributed by atoms with Crippen molar-refractivity contribution in [2.24, 2.45) is 0 Å². The second-order valence-corrected chi connectivity index (χ2v) is 17.3. The molecule has 0 aliphatic carbocycles. The van der Waals surface area contributed by atoms with E-state index in [9.17, 15) is 0 Å². The minimum Gasteiger partial charge on any atom is -0.489 e. The van der Waals surface area contributed by atoms with Crippen molar-refractivity contribution in [2.45, 2.75) is 63.7 Å². The van der Waals surface area contributed by atoms with Gasteiger partial charge in [-0.2, -0.15) is 0 Å². The SMILES string of the molecule is C=CCOC[C@H]1O[C@@H](Oc2c(-c3ccc(OCc4ccccc4)cc3)oc3cc(OCc4ccccc4)cc(OCc4ccccc4)c3c2=O)[C@H](OCc2ccccc2)[C@@H](OCC=C)[C@@H]1OCc1ccccc1. The van der Waals surface area contributed by atoms with Crippen LogP contribution in [0.25, 0.3) is 22.3 Å². The zero-order valence-corrected chi connectivity index (χ0v) is 40.5. The Hall–Kier alpha value is -7.77. The molecular weight excluding hydrogens is 921 g/mol. The van der Waals surface area contributed by atoms with Crippen LogP contribution in [-0.2, 0) is 56.7 Å². The molecule has 2 heterocycles. The van der Waals surface area contributed by atoms with E-state index in [1.54, 1.807) is 24.3 Å². The number of hydrogen-bond acceptors (Lipinski definition) is 11. The van der Waals surface area contributed by atoms with Crippen molar-refractivity contribution in [3.05, 3.63) is 251 Å². The van der Waals surface area contributed by atoms with Gasteiger partial charge in [-0.15, -0.1) is 13.2 Å². The molecule has 0 amide bonds. The Kier molecular flexibility index (Phi) is 17.6. The van der Waals surface area contributed by atoms with Gasteiger partial charge in [0.15, 0.2) is 5.76 Å². The summed E-state index contributed by atoms with van der Waals surface area (Å²) < 4.78 is 66.2. The first-order chi connectivity index (χ1) is 36.0. The first-order valence-corrected chi connectivity index (χ1v) is 24.3. The van der Waals surface area contributed by atoms with Crippen molar-refractivity contribution in [3.8, 4) is 34.3 Å². The fraction of sp³-hybridized carbons (Fsp3) is 0.210. The summed E-state index contributed by atoms with van der Waals surface area (Å²) in [7, 11) is 0. The lowest BCUT2D eigenvalue weighted by Crippen LogP contribution is -2.62. The zero-order chi connectivity index (χ0) is 50.0. The summed E-state index contributed by atoms with van der Waals surface area (Å²) in [5, 5.41) is 0.136. The molecule has 1 aromatic heterocycles. The van der Waals surface area contributed by atoms with Crippen LogP contribution in [-0.4, -0.2) is 50.5 Å². The molecule has 0 N–H and O–H groups in total. The van der Waals surface area contributed by atoms with Crippen molar-refractivity contribution < 1.29 is 47.0 Å². The average molecular weight is 979 g/mol. The van der Waals surface area contributed by atoms with Gasteiger partial charge in [0.05, 0.1) is 33.0 Å². The fourth-order valence-corrected chi connectivity index (χ4v) is 8.43. The minimum atomic E-state index is -1.29. The maximum Gasteiger partial charge on any atom is 0.239 e. The van der Waals surface area contributed by atoms with Gasteiger partial charge in [-0.25, -0.2) is 0 Å². The molecule has 0 saturated carbocycles. The van der Waals surface area contributed by atoms with Crippen LogP contribution < -0.4 is 24.4 Å². The van der Waals surface area contributed by atoms with E-state index in [4.69, 9.17) is 47.0 Å². The first-order valence-electron chi connectivity index (χ1n) is 24.3. The summed E-state index contributed by atoms with van der Waals surface area (Å²) >= 11 is 0. The van der Waals surface area contributed by atoms with E-state index in [1.807, 2.05) is 176 Å². The molecule has 73 heavy (non-hydrogen) atoms. The summed E-state index contributed by atoms with van der Waals surface area (Å²) in [6.45, 7) is 9.44. The normalized spacial score (nSPS) is 17.4. The van der Waals surface area contributed by atoms with Crippen LogP contribution in [0.5, 0.6) is 23.0 Å². The number of hydrogen-bond donors (Lipinski definition) is 0. The minimum absolute atomic E-state index is 0.0670. The molecule has 0 radical (unpaired) electrons. The van der Waals surface area contributed by atoms with E-state index in [0.717, 1.165) is 27.8 Å². The molecule has 8 aromatic rings. The molecule has 1 aliphatic heterocycles. The Morgan fingerprint density at radius 2 is 0.986 bits per heavy atom. The van der Waals surface area contributed by atoms with Gasteiger partial charge in [0.2, 0.25) is 17.5 Å². The van der Waals surface area contributed by atoms with E-state index in [-0.39, 0.29) is 74.5 Å². The van der Waals surface area contributed by atoms with Crippen molar-refractivity contribution in [2.75, 3.05) is 19.8 Å². The monoisotopic (exact) mass is 978 g/mol. The molecule has 0 unspecified atom stereocenters. The molecule has 372 valence electrons. The van der Waals surface area contributed by atoms with Crippen LogP contribution >= 0.6 is 0 Å². The number of rotatable bonds is 25. The van der Waals surface area contributed by atoms with Gasteiger partial charge < -0.3 is 47.0 Å². The predicted molar refractivity (Wildman–Crippen MR) is 281 cm³/mol. The Labute approximate surface area is 425 Å². The van der Waals surface area contributed by atoms with Gasteiger partial charge in [0, 0.05) is 17.7 Å². The molecule has 0 bridgehead atoms. The van der Waals surface area contributed by atoms with Crippen LogP contribution in [0.15, 0.2) is 223 Å². The molecule has 1 aliphatic rings. The lowest BCUT2D eigenvalue weighted by Gasteiger charge is -2.45. The highest BCUT2D eigenvalue weighted by molar-refractivity contribution is 5.88. The highest BCUT2D eigenvalue weighted by Crippen LogP contribution is 2.40. The summed E-state index contributed by atoms with van der Waals surface area (Å²) in [5.41, 5.74) is 4.94. The molecule has 1 fully saturated rings. The van der Waals surface area contributed by atoms with Gasteiger partial charge in [-0.1, -0.05) is 164 Å². The Balaban J connectivity index is 1.16. The summed E-state index contributed by atoms with van der Waals surface area (Å²) in [6, 6.07) is 59.7. The Morgan fingerprint density at radius 3 is 1.52 bits per heavy atom. The third-order valence-electron chi connectivity index (χ3n) is 12.1. The van der Waals surface area contributed by atoms with E-state index in [1.165, 1.54) is 0 Å². The number of ether oxygens (including phenoxy) is 9. The highest BCUT2D eigenvalue weighted by Gasteiger charge is 2.50. The standard InChI is InChI=1S/C62H58O11/c1-3-34-64-43-54-58(69-41-47-26-16-8-17-27-47)60(65-35-4-2)61(70-42-48-28-18-9-19-29-48)62(72-54)73-59-56(63)55-52(68-40-46-24-14-7-15-25-46)36-51(67-39-45-22-12-6-13-23-45)37-53(55)71-57(59)49-30-32-50(33-31-49)66-38-44-20-10-5-11-21-44/h3-33,36-37,54,58,60-62H,1-2,34-35,38-43H2/t54-,58-,60+,61-,62+/m1/s1. The summed E-state index contributed by atoms with van der Waals surface area (Å²) in [4.78, 5) is 15.7. The van der Waals surface area contributed by atoms with Crippen molar-refractivity contribution in [1.29, 1.82) is 0 Å². The molecule has 5 atom stereocenters. The lowest BCUT2D eigenvalue weighted by atomic mass is 9.97. The maximum absolute atomic E-state index is 15.7. The third kappa shape index (κ3) is 13.4. The molecule has 11 heteroatoms. The van der Waals surface area contributed by atoms with Crippen LogP contribution in [0.1, 0.15) is 27.8 Å². The van der Waals surface area contributed by atoms with Crippen molar-refractivity contribution in [3.63, 3.8) is 0 Å². The molecular formula is C62H58O11. The average Bonchev–Trinajstić information content (AvgIpc) is 3.44. The Bertz CT molecular complexity index is 3020. The Morgan fingerprint density at radius 1 is 0.493 bits per heavy atom. The van der Waals surface area contributed by atoms with E-state index < -0.39 is 36.1 Å². The molecule has 11 nitrogen and oxygen atoms in total. The molecule has 7 aromatic carbocycles. The number of fused-ring (bicyclic) bond motifs is 1. The van der Waals surface area contributed by atoms with Crippen LogP contribution in [0.4, 0.5) is 0 Å². The highest BCUT2D eigenvalue weighted by atomic mass is 16.7. The quantitative estimate of drug-likeness (QED) is 0.0403. The summed E-state index contributed by atoms with van der Waals surface area (Å²) in [6.07, 6.45) is -1.31. The second kappa shape index (κ2) is 25.6. The maximum atomic E-state index is 15.7. The third-order valence-corrected chi connectivity index (χ3v) is 12.1. The van der Waals surface area contributed by atoms with E-state index >= 15 is 4.79 Å². The van der Waals surface area contributed by atoms with Gasteiger partial charge in [-0.3, -0.25) is 4.79 Å². The van der Waals surface area contributed by atoms with Crippen molar-refractivity contribution in [1.82, 2.24) is 0 Å². The van der Waals surface area contributed by atoms with Gasteiger partial charge in [-0.05, 0) is 52.1 Å². The molecule has 9 rings (SSSR count). The largest absolute Gasteiger partial charge is 0.489 e. The van der Waals surface area contributed by atoms with Crippen LogP contribution in [0.2, 0.25) is 0 Å². The van der Waals surface area contributed by atoms with E-state index in [0.29, 0.717) is 23.7 Å². The predicted octanol–water partition coefficient (Wildman–Crippen LogP) is 12.2. The van der Waals surface area contributed by atoms with Crippen LogP contribution in [0.3, 0.4) is 0 Å². The summed E-state index contributed by atoms with van der Waals surface area (Å²) in [5.74, 6) is 1.25. The second-order valence-electron chi connectivity index (χ2n) is 17.3. The zero-order valence-electron chi connectivity index (χ0n) is 40.5. The van der Waals surface area contributed by atoms with Gasteiger partial charge in [0.25, 0.3) is 0 Å². The fourth-order valence-electron chi connectivity index (χ4n) is 8.43. The molecule has 1 saturated heterocycles. The van der Waals surface area contributed by atoms with Gasteiger partial charge in [0.1, 0.15) is 72.5 Å². The molecule has 0 spiro atoms. The van der Waals surface area contributed by atoms with E-state index in [2.05, 4.69) is 13.2 Å². The van der Waals surface area contributed by atoms with Crippen molar-refractivity contribution >= 4 is 11.0 Å². The van der Waals surface area contributed by atoms with Crippen LogP contribution in [0, 0.1) is 0 Å². The lowest BCUT2D eigenvalue weighted by molar-refractivity contribution is -0.306. The topological polar surface area (TPSA) is 113 Å².